The van der Waals surface area contributed by atoms with Crippen LogP contribution in [0, 0.1) is 18.8 Å². The summed E-state index contributed by atoms with van der Waals surface area (Å²) >= 11 is 0. The summed E-state index contributed by atoms with van der Waals surface area (Å²) in [5.41, 5.74) is 0.830. The minimum atomic E-state index is -0.214. The molecule has 0 spiro atoms. The van der Waals surface area contributed by atoms with E-state index in [2.05, 4.69) is 32.9 Å². The number of hydrogen-bond acceptors (Lipinski definition) is 3. The van der Waals surface area contributed by atoms with Crippen LogP contribution in [0.1, 0.15) is 51.5 Å². The average Bonchev–Trinajstić information content (AvgIpc) is 2.85. The molecule has 1 amide bonds. The number of hydrogen-bond donors (Lipinski definition) is 0. The number of carbonyl (C=O) groups is 1. The van der Waals surface area contributed by atoms with E-state index in [0.717, 1.165) is 18.7 Å². The van der Waals surface area contributed by atoms with Crippen molar-refractivity contribution in [3.8, 4) is 0 Å². The number of aryl methyl sites for hydroxylation is 1. The summed E-state index contributed by atoms with van der Waals surface area (Å²) in [6.07, 6.45) is 1.09. The van der Waals surface area contributed by atoms with Gasteiger partial charge in [-0.1, -0.05) is 25.9 Å². The molecule has 1 aliphatic rings. The summed E-state index contributed by atoms with van der Waals surface area (Å²) < 4.78 is 5.33. The van der Waals surface area contributed by atoms with Gasteiger partial charge in [0.25, 0.3) is 0 Å². The first-order chi connectivity index (χ1) is 8.90. The van der Waals surface area contributed by atoms with Crippen molar-refractivity contribution < 1.29 is 9.32 Å². The molecule has 1 saturated heterocycles. The van der Waals surface area contributed by atoms with Gasteiger partial charge in [-0.3, -0.25) is 4.79 Å². The highest BCUT2D eigenvalue weighted by Gasteiger charge is 2.37. The maximum Gasteiger partial charge on any atom is 0.233 e. The van der Waals surface area contributed by atoms with Crippen molar-refractivity contribution in [1.29, 1.82) is 0 Å². The quantitative estimate of drug-likeness (QED) is 0.843. The number of likely N-dealkylation sites (tertiary alicyclic amines) is 1. The van der Waals surface area contributed by atoms with Crippen molar-refractivity contribution in [3.63, 3.8) is 0 Å². The molecule has 2 rings (SSSR count). The van der Waals surface area contributed by atoms with Crippen LogP contribution >= 0.6 is 0 Å². The van der Waals surface area contributed by atoms with Gasteiger partial charge in [-0.25, -0.2) is 0 Å². The summed E-state index contributed by atoms with van der Waals surface area (Å²) in [5, 5.41) is 3.92. The van der Waals surface area contributed by atoms with Crippen LogP contribution in [0.5, 0.6) is 0 Å². The second-order valence-corrected chi connectivity index (χ2v) is 6.27. The lowest BCUT2D eigenvalue weighted by molar-refractivity contribution is -0.135. The fourth-order valence-electron chi connectivity index (χ4n) is 3.05. The molecule has 4 nitrogen and oxygen atoms in total. The van der Waals surface area contributed by atoms with Gasteiger partial charge in [0.2, 0.25) is 5.91 Å². The minimum Gasteiger partial charge on any atom is -0.360 e. The largest absolute Gasteiger partial charge is 0.360 e. The molecule has 0 aliphatic carbocycles. The van der Waals surface area contributed by atoms with E-state index < -0.39 is 0 Å². The molecule has 1 aliphatic heterocycles. The molecule has 2 heterocycles. The predicted molar refractivity (Wildman–Crippen MR) is 73.8 cm³/mol. The first kappa shape index (κ1) is 14.1. The molecule has 1 fully saturated rings. The summed E-state index contributed by atoms with van der Waals surface area (Å²) in [6, 6.07) is 2.21. The Morgan fingerprint density at radius 2 is 2.16 bits per heavy atom. The highest BCUT2D eigenvalue weighted by Crippen LogP contribution is 2.32. The number of rotatable bonds is 3. The fraction of sp³-hybridized carbons (Fsp3) is 0.733. The minimum absolute atomic E-state index is 0.183. The third kappa shape index (κ3) is 2.82. The van der Waals surface area contributed by atoms with Gasteiger partial charge in [0.05, 0.1) is 5.69 Å². The maximum absolute atomic E-state index is 12.8. The zero-order valence-electron chi connectivity index (χ0n) is 12.5. The molecule has 0 radical (unpaired) electrons. The Labute approximate surface area is 115 Å². The smallest absolute Gasteiger partial charge is 0.233 e. The van der Waals surface area contributed by atoms with Crippen LogP contribution in [0.3, 0.4) is 0 Å². The average molecular weight is 264 g/mol. The molecule has 4 heteroatoms. The fourth-order valence-corrected chi connectivity index (χ4v) is 3.05. The molecule has 1 aromatic heterocycles. The van der Waals surface area contributed by atoms with Crippen molar-refractivity contribution in [2.75, 3.05) is 6.54 Å². The first-order valence-electron chi connectivity index (χ1n) is 7.13. The van der Waals surface area contributed by atoms with Crippen LogP contribution in [-0.2, 0) is 4.79 Å². The Bertz CT molecular complexity index is 453. The van der Waals surface area contributed by atoms with Crippen molar-refractivity contribution in [2.45, 2.75) is 53.0 Å². The summed E-state index contributed by atoms with van der Waals surface area (Å²) in [6.45, 7) is 11.2. The van der Waals surface area contributed by atoms with Crippen molar-refractivity contribution >= 4 is 5.91 Å². The molecular weight excluding hydrogens is 240 g/mol. The zero-order chi connectivity index (χ0) is 14.2. The molecule has 106 valence electrons. The lowest BCUT2D eigenvalue weighted by Crippen LogP contribution is -2.39. The summed E-state index contributed by atoms with van der Waals surface area (Å²) in [7, 11) is 0. The Kier molecular flexibility index (Phi) is 3.97. The number of amides is 1. The second-order valence-electron chi connectivity index (χ2n) is 6.27. The molecule has 0 aromatic carbocycles. The summed E-state index contributed by atoms with van der Waals surface area (Å²) in [5.74, 6) is 1.47. The van der Waals surface area contributed by atoms with E-state index in [1.54, 1.807) is 0 Å². The maximum atomic E-state index is 12.8. The van der Waals surface area contributed by atoms with Gasteiger partial charge in [-0.05, 0) is 32.1 Å². The summed E-state index contributed by atoms with van der Waals surface area (Å²) in [4.78, 5) is 14.8. The Hall–Kier alpha value is -1.32. The first-order valence-corrected chi connectivity index (χ1v) is 7.13. The zero-order valence-corrected chi connectivity index (χ0v) is 12.5. The topological polar surface area (TPSA) is 46.3 Å². The highest BCUT2D eigenvalue weighted by atomic mass is 16.5. The van der Waals surface area contributed by atoms with Crippen LogP contribution in [0.25, 0.3) is 0 Å². The molecule has 0 saturated carbocycles. The van der Waals surface area contributed by atoms with Crippen LogP contribution in [0.15, 0.2) is 10.6 Å². The Morgan fingerprint density at radius 1 is 1.47 bits per heavy atom. The highest BCUT2D eigenvalue weighted by molar-refractivity contribution is 5.84. The number of nitrogens with zero attached hydrogens (tertiary/aromatic N) is 2. The van der Waals surface area contributed by atoms with Gasteiger partial charge < -0.3 is 9.42 Å². The van der Waals surface area contributed by atoms with Gasteiger partial charge in [0.15, 0.2) is 0 Å². The van der Waals surface area contributed by atoms with Crippen LogP contribution in [0.4, 0.5) is 0 Å². The molecule has 19 heavy (non-hydrogen) atoms. The van der Waals surface area contributed by atoms with E-state index in [0.29, 0.717) is 17.7 Å². The molecule has 3 atom stereocenters. The van der Waals surface area contributed by atoms with E-state index in [9.17, 15) is 4.79 Å². The van der Waals surface area contributed by atoms with Crippen molar-refractivity contribution in [1.82, 2.24) is 10.1 Å². The van der Waals surface area contributed by atoms with Gasteiger partial charge in [0, 0.05) is 18.7 Å². The van der Waals surface area contributed by atoms with Gasteiger partial charge >= 0.3 is 0 Å². The van der Waals surface area contributed by atoms with Gasteiger partial charge in [0.1, 0.15) is 11.7 Å². The Balaban J connectivity index is 2.22. The van der Waals surface area contributed by atoms with Crippen LogP contribution in [0.2, 0.25) is 0 Å². The number of aromatic nitrogens is 1. The van der Waals surface area contributed by atoms with E-state index in [-0.39, 0.29) is 17.7 Å². The molecule has 1 unspecified atom stereocenters. The van der Waals surface area contributed by atoms with Crippen molar-refractivity contribution in [3.05, 3.63) is 17.5 Å². The molecule has 0 bridgehead atoms. The van der Waals surface area contributed by atoms with Gasteiger partial charge in [-0.15, -0.1) is 0 Å². The third-order valence-electron chi connectivity index (χ3n) is 3.95. The van der Waals surface area contributed by atoms with Crippen molar-refractivity contribution in [2.24, 2.45) is 11.8 Å². The van der Waals surface area contributed by atoms with E-state index in [4.69, 9.17) is 4.52 Å². The standard InChI is InChI=1S/C15H24N2O2/c1-9(2)14(13-7-11(4)16-19-13)15(18)17-8-10(3)6-12(17)5/h7,9-10,12,14H,6,8H2,1-5H3/t10-,12-,14?/m1/s1. The molecule has 0 N–H and O–H groups in total. The second kappa shape index (κ2) is 5.35. The monoisotopic (exact) mass is 264 g/mol. The van der Waals surface area contributed by atoms with Gasteiger partial charge in [-0.2, -0.15) is 0 Å². The lowest BCUT2D eigenvalue weighted by Gasteiger charge is -2.27. The van der Waals surface area contributed by atoms with Crippen LogP contribution < -0.4 is 0 Å². The normalized spacial score (nSPS) is 25.1. The predicted octanol–water partition coefficient (Wildman–Crippen LogP) is 2.98. The SMILES string of the molecule is Cc1cc(C(C(=O)N2C[C@H](C)C[C@H]2C)C(C)C)on1. The van der Waals surface area contributed by atoms with E-state index in [1.165, 1.54) is 0 Å². The molecular formula is C15H24N2O2. The van der Waals surface area contributed by atoms with E-state index in [1.807, 2.05) is 17.9 Å². The number of carbonyl (C=O) groups excluding carboxylic acids is 1. The molecule has 1 aromatic rings. The van der Waals surface area contributed by atoms with E-state index >= 15 is 0 Å². The lowest BCUT2D eigenvalue weighted by atomic mass is 9.91. The van der Waals surface area contributed by atoms with Crippen LogP contribution in [-0.4, -0.2) is 28.6 Å². The third-order valence-corrected chi connectivity index (χ3v) is 3.95. The Morgan fingerprint density at radius 3 is 2.58 bits per heavy atom.